The van der Waals surface area contributed by atoms with Gasteiger partial charge in [-0.25, -0.2) is 13.2 Å². The summed E-state index contributed by atoms with van der Waals surface area (Å²) in [4.78, 5) is 39.8. The number of ether oxygens (including phenoxy) is 2. The molecule has 2 heterocycles. The molecule has 1 amide bonds. The standard InChI is InChI=1S/C25H33F2N3O4.C8H8FNO.CH2F2O/c1-28(8-9-30-15-25(16-30)17-34-18-25)7-4-5-20(14-32)29(2)13-19(6-10-31)24-22(26)11-21(33-3)12-23(24)27;1-10-8(11)6-2-4-7(9)5-3-6;2-1(3)4/h4-5,7,10-12,14,19H,6,8-9,13,15-18H2,1-3H3;2-5H,1H3,(H,10,11);1,4H/b7-4-,20-5+;;. The number of allylic oxidation sites excluding steroid dienone is 3. The molecule has 0 radical (unpaired) electrons. The van der Waals surface area contributed by atoms with Crippen LogP contribution in [0.15, 0.2) is 60.4 Å². The van der Waals surface area contributed by atoms with E-state index in [0.717, 1.165) is 51.5 Å². The van der Waals surface area contributed by atoms with Crippen molar-refractivity contribution in [2.75, 3.05) is 74.2 Å². The maximum atomic E-state index is 14.6. The van der Waals surface area contributed by atoms with Crippen molar-refractivity contribution in [3.05, 3.63) is 89.0 Å². The van der Waals surface area contributed by atoms with Crippen molar-refractivity contribution in [2.45, 2.75) is 19.0 Å². The SMILES string of the molecule is CNC(=O)c1ccc(F)cc1.COc1cc(F)c(C(CC=O)CN(C)/C(C=O)=C/C=C\N(C)CCN2CC3(COC3)C2)c(F)c1.OC(F)F. The lowest BCUT2D eigenvalue weighted by atomic mass is 9.78. The van der Waals surface area contributed by atoms with Crippen LogP contribution < -0.4 is 10.1 Å². The van der Waals surface area contributed by atoms with Gasteiger partial charge in [-0.1, -0.05) is 0 Å². The average Bonchev–Trinajstić information content (AvgIpc) is 3.01. The zero-order valence-electron chi connectivity index (χ0n) is 27.9. The second-order valence-electron chi connectivity index (χ2n) is 11.6. The first-order valence-corrected chi connectivity index (χ1v) is 15.2. The number of halogens is 5. The number of hydrogen-bond donors (Lipinski definition) is 2. The molecule has 0 saturated carbocycles. The Bertz CT molecular complexity index is 1390. The van der Waals surface area contributed by atoms with Crippen LogP contribution in [-0.2, 0) is 14.3 Å². The fourth-order valence-corrected chi connectivity index (χ4v) is 5.20. The van der Waals surface area contributed by atoms with Crippen molar-refractivity contribution < 1.29 is 50.9 Å². The molecule has 2 aliphatic heterocycles. The minimum Gasteiger partial charge on any atom is -0.497 e. The van der Waals surface area contributed by atoms with Gasteiger partial charge in [-0.15, -0.1) is 0 Å². The van der Waals surface area contributed by atoms with Crippen molar-refractivity contribution in [3.63, 3.8) is 0 Å². The highest BCUT2D eigenvalue weighted by molar-refractivity contribution is 5.93. The molecule has 4 rings (SSSR count). The zero-order chi connectivity index (χ0) is 36.6. The molecule has 0 aliphatic carbocycles. The van der Waals surface area contributed by atoms with E-state index < -0.39 is 24.2 Å². The van der Waals surface area contributed by atoms with E-state index in [2.05, 4.69) is 10.2 Å². The predicted octanol–water partition coefficient (Wildman–Crippen LogP) is 3.82. The molecule has 1 atom stereocenters. The summed E-state index contributed by atoms with van der Waals surface area (Å²) in [5, 5.41) is 9.16. The van der Waals surface area contributed by atoms with Crippen molar-refractivity contribution in [1.82, 2.24) is 20.0 Å². The number of likely N-dealkylation sites (tertiary alicyclic amines) is 1. The number of carbonyl (C=O) groups excluding carboxylic acids is 3. The molecule has 49 heavy (non-hydrogen) atoms. The second kappa shape index (κ2) is 20.2. The molecule has 2 saturated heterocycles. The van der Waals surface area contributed by atoms with Crippen molar-refractivity contribution >= 4 is 18.5 Å². The molecule has 2 N–H and O–H groups in total. The Balaban J connectivity index is 0.000000459. The monoisotopic (exact) mass is 698 g/mol. The first-order chi connectivity index (χ1) is 23.3. The van der Waals surface area contributed by atoms with Crippen LogP contribution in [0.4, 0.5) is 22.0 Å². The van der Waals surface area contributed by atoms with E-state index >= 15 is 0 Å². The molecule has 10 nitrogen and oxygen atoms in total. The normalized spacial score (nSPS) is 15.5. The predicted molar refractivity (Wildman–Crippen MR) is 173 cm³/mol. The van der Waals surface area contributed by atoms with Gasteiger partial charge in [0.1, 0.15) is 29.5 Å². The summed E-state index contributed by atoms with van der Waals surface area (Å²) in [6, 6.07) is 7.56. The van der Waals surface area contributed by atoms with Gasteiger partial charge in [0.25, 0.3) is 5.91 Å². The van der Waals surface area contributed by atoms with E-state index in [1.165, 1.54) is 38.4 Å². The number of aliphatic hydroxyl groups excluding tert-OH is 1. The number of rotatable bonds is 14. The molecule has 2 aromatic rings. The molecule has 0 aromatic heterocycles. The largest absolute Gasteiger partial charge is 0.497 e. The van der Waals surface area contributed by atoms with Crippen LogP contribution in [0.5, 0.6) is 5.75 Å². The smallest absolute Gasteiger partial charge is 0.342 e. The van der Waals surface area contributed by atoms with Crippen LogP contribution in [0.2, 0.25) is 0 Å². The van der Waals surface area contributed by atoms with Gasteiger partial charge in [-0.05, 0) is 42.6 Å². The molecule has 2 aliphatic rings. The van der Waals surface area contributed by atoms with E-state index in [9.17, 15) is 36.3 Å². The van der Waals surface area contributed by atoms with Gasteiger partial charge in [0.2, 0.25) is 0 Å². The van der Waals surface area contributed by atoms with Crippen LogP contribution in [0.3, 0.4) is 0 Å². The lowest BCUT2D eigenvalue weighted by molar-refractivity contribution is -0.188. The van der Waals surface area contributed by atoms with Gasteiger partial charge in [0.15, 0.2) is 6.29 Å². The first kappa shape index (κ1) is 40.8. The summed E-state index contributed by atoms with van der Waals surface area (Å²) in [5.41, 5.74) is 1.01. The van der Waals surface area contributed by atoms with Crippen LogP contribution >= 0.6 is 0 Å². The zero-order valence-corrected chi connectivity index (χ0v) is 27.9. The number of alkyl halides is 2. The number of likely N-dealkylation sites (N-methyl/N-ethyl adjacent to an activating group) is 2. The molecule has 0 bridgehead atoms. The topological polar surface area (TPSA) is 112 Å². The number of amides is 1. The highest BCUT2D eigenvalue weighted by Gasteiger charge is 2.48. The molecule has 1 spiro atoms. The quantitative estimate of drug-likeness (QED) is 0.132. The van der Waals surface area contributed by atoms with Crippen molar-refractivity contribution in [3.8, 4) is 5.75 Å². The van der Waals surface area contributed by atoms with Gasteiger partial charge in [0.05, 0.1) is 26.0 Å². The Hall–Kier alpha value is -4.34. The first-order valence-electron chi connectivity index (χ1n) is 15.2. The molecule has 15 heteroatoms. The lowest BCUT2D eigenvalue weighted by Crippen LogP contribution is -2.66. The maximum absolute atomic E-state index is 14.6. The molecular formula is C34H43F5N4O6. The minimum absolute atomic E-state index is 0.0605. The van der Waals surface area contributed by atoms with E-state index in [1.54, 1.807) is 24.1 Å². The number of benzene rings is 2. The van der Waals surface area contributed by atoms with Crippen LogP contribution in [0.25, 0.3) is 0 Å². The Kier molecular flexibility index (Phi) is 16.9. The van der Waals surface area contributed by atoms with Crippen LogP contribution in [0.1, 0.15) is 28.3 Å². The van der Waals surface area contributed by atoms with Crippen LogP contribution in [0, 0.1) is 22.9 Å². The Morgan fingerprint density at radius 2 is 1.69 bits per heavy atom. The Morgan fingerprint density at radius 3 is 2.16 bits per heavy atom. The third-order valence-corrected chi connectivity index (χ3v) is 7.78. The summed E-state index contributed by atoms with van der Waals surface area (Å²) in [6.07, 6.45) is 6.51. The van der Waals surface area contributed by atoms with E-state index in [1.807, 2.05) is 18.1 Å². The van der Waals surface area contributed by atoms with Crippen molar-refractivity contribution in [2.24, 2.45) is 5.41 Å². The Labute approximate surface area is 282 Å². The molecular weight excluding hydrogens is 655 g/mol. The van der Waals surface area contributed by atoms with Gasteiger partial charge < -0.3 is 39.4 Å². The number of hydrogen-bond acceptors (Lipinski definition) is 9. The molecule has 270 valence electrons. The van der Waals surface area contributed by atoms with Gasteiger partial charge in [-0.3, -0.25) is 9.59 Å². The van der Waals surface area contributed by atoms with Gasteiger partial charge in [-0.2, -0.15) is 8.78 Å². The second-order valence-corrected chi connectivity index (χ2v) is 11.6. The third-order valence-electron chi connectivity index (χ3n) is 7.78. The number of nitrogens with zero attached hydrogens (tertiary/aromatic N) is 3. The Morgan fingerprint density at radius 1 is 1.10 bits per heavy atom. The highest BCUT2D eigenvalue weighted by Crippen LogP contribution is 2.37. The summed E-state index contributed by atoms with van der Waals surface area (Å²) < 4.78 is 71.4. The van der Waals surface area contributed by atoms with Gasteiger partial charge in [0, 0.05) is 94.9 Å². The molecule has 2 aromatic carbocycles. The van der Waals surface area contributed by atoms with E-state index in [-0.39, 0.29) is 36.0 Å². The number of carbonyl (C=O) groups is 3. The fraction of sp³-hybridized carbons (Fsp3) is 0.441. The maximum Gasteiger partial charge on any atom is 0.342 e. The third kappa shape index (κ3) is 13.2. The average molecular weight is 699 g/mol. The number of aliphatic hydroxyl groups is 1. The number of aldehydes is 2. The summed E-state index contributed by atoms with van der Waals surface area (Å²) in [7, 11) is 6.47. The fourth-order valence-electron chi connectivity index (χ4n) is 5.20. The van der Waals surface area contributed by atoms with Gasteiger partial charge >= 0.3 is 6.61 Å². The van der Waals surface area contributed by atoms with Crippen LogP contribution in [-0.4, -0.2) is 119 Å². The summed E-state index contributed by atoms with van der Waals surface area (Å²) in [5.74, 6) is -2.81. The summed E-state index contributed by atoms with van der Waals surface area (Å²) >= 11 is 0. The molecule has 1 unspecified atom stereocenters. The lowest BCUT2D eigenvalue weighted by Gasteiger charge is -2.55. The number of nitrogens with one attached hydrogen (secondary N) is 1. The van der Waals surface area contributed by atoms with Crippen molar-refractivity contribution in [1.29, 1.82) is 0 Å². The minimum atomic E-state index is -3.17. The molecule has 2 fully saturated rings. The highest BCUT2D eigenvalue weighted by atomic mass is 19.3. The summed E-state index contributed by atoms with van der Waals surface area (Å²) in [6.45, 7) is 2.65. The van der Waals surface area contributed by atoms with E-state index in [0.29, 0.717) is 29.2 Å². The van der Waals surface area contributed by atoms with E-state index in [4.69, 9.17) is 14.6 Å². The number of methoxy groups -OCH3 is 1.